The van der Waals surface area contributed by atoms with Gasteiger partial charge < -0.3 is 20.3 Å². The zero-order valence-electron chi connectivity index (χ0n) is 10.4. The maximum absolute atomic E-state index is 13.5. The Morgan fingerprint density at radius 1 is 1.29 bits per heavy atom. The molecular weight excluding hydrogens is 288 g/mol. The van der Waals surface area contributed by atoms with Gasteiger partial charge in [0.1, 0.15) is 23.6 Å². The maximum Gasteiger partial charge on any atom is 0.338 e. The summed E-state index contributed by atoms with van der Waals surface area (Å²) >= 11 is 0. The highest BCUT2D eigenvalue weighted by Crippen LogP contribution is 2.19. The molecule has 0 atom stereocenters. The second kappa shape index (κ2) is 5.99. The third-order valence-corrected chi connectivity index (χ3v) is 2.46. The molecule has 0 fully saturated rings. The van der Waals surface area contributed by atoms with Gasteiger partial charge in [-0.25, -0.2) is 18.4 Å². The number of benzene rings is 1. The lowest BCUT2D eigenvalue weighted by atomic mass is 10.2. The number of rotatable bonds is 4. The van der Waals surface area contributed by atoms with Gasteiger partial charge in [0.05, 0.1) is 17.8 Å². The Labute approximate surface area is 116 Å². The maximum atomic E-state index is 13.5. The Bertz CT molecular complexity index is 673. The van der Waals surface area contributed by atoms with Crippen molar-refractivity contribution in [2.45, 2.75) is 6.54 Å². The van der Waals surface area contributed by atoms with Gasteiger partial charge in [0.2, 0.25) is 0 Å². The molecule has 21 heavy (non-hydrogen) atoms. The van der Waals surface area contributed by atoms with Crippen LogP contribution in [0.3, 0.4) is 0 Å². The van der Waals surface area contributed by atoms with Crippen molar-refractivity contribution in [2.75, 3.05) is 5.32 Å². The molecule has 1 heterocycles. The van der Waals surface area contributed by atoms with Gasteiger partial charge in [0.15, 0.2) is 0 Å². The van der Waals surface area contributed by atoms with Gasteiger partial charge >= 0.3 is 12.0 Å². The Balaban J connectivity index is 2.06. The van der Waals surface area contributed by atoms with E-state index in [4.69, 9.17) is 5.11 Å². The Kier molecular flexibility index (Phi) is 4.12. The second-order valence-corrected chi connectivity index (χ2v) is 3.92. The molecule has 0 aliphatic heterocycles. The number of carboxylic acids is 1. The van der Waals surface area contributed by atoms with Crippen molar-refractivity contribution >= 4 is 17.7 Å². The van der Waals surface area contributed by atoms with Crippen LogP contribution in [0.15, 0.2) is 29.0 Å². The monoisotopic (exact) mass is 297 g/mol. The second-order valence-electron chi connectivity index (χ2n) is 3.92. The zero-order valence-corrected chi connectivity index (χ0v) is 10.4. The normalized spacial score (nSPS) is 10.2. The van der Waals surface area contributed by atoms with E-state index < -0.39 is 34.9 Å². The molecule has 110 valence electrons. The van der Waals surface area contributed by atoms with Crippen LogP contribution in [-0.2, 0) is 6.54 Å². The number of nitrogens with zero attached hydrogens (tertiary/aromatic N) is 1. The summed E-state index contributed by atoms with van der Waals surface area (Å²) < 4.78 is 31.2. The molecule has 9 heteroatoms. The quantitative estimate of drug-likeness (QED) is 0.800. The van der Waals surface area contributed by atoms with Gasteiger partial charge in [-0.2, -0.15) is 0 Å². The van der Waals surface area contributed by atoms with Crippen molar-refractivity contribution in [3.8, 4) is 0 Å². The summed E-state index contributed by atoms with van der Waals surface area (Å²) in [5, 5.41) is 16.7. The molecule has 2 rings (SSSR count). The largest absolute Gasteiger partial charge is 0.478 e. The minimum atomic E-state index is -1.57. The smallest absolute Gasteiger partial charge is 0.338 e. The molecule has 0 spiro atoms. The van der Waals surface area contributed by atoms with E-state index >= 15 is 0 Å². The van der Waals surface area contributed by atoms with E-state index in [9.17, 15) is 18.4 Å². The number of halogens is 2. The van der Waals surface area contributed by atoms with Crippen LogP contribution in [0.5, 0.6) is 0 Å². The molecule has 0 radical (unpaired) electrons. The van der Waals surface area contributed by atoms with Crippen LogP contribution < -0.4 is 10.6 Å². The first-order chi connectivity index (χ1) is 9.97. The summed E-state index contributed by atoms with van der Waals surface area (Å²) in [4.78, 5) is 22.3. The number of nitrogens with one attached hydrogen (secondary N) is 2. The van der Waals surface area contributed by atoms with E-state index in [0.29, 0.717) is 17.8 Å². The Morgan fingerprint density at radius 3 is 2.67 bits per heavy atom. The third kappa shape index (κ3) is 3.53. The van der Waals surface area contributed by atoms with Crippen LogP contribution in [0.25, 0.3) is 0 Å². The molecule has 0 saturated heterocycles. The van der Waals surface area contributed by atoms with Crippen molar-refractivity contribution in [1.29, 1.82) is 0 Å². The average Bonchev–Trinajstić information content (AvgIpc) is 2.92. The fourth-order valence-corrected chi connectivity index (χ4v) is 1.47. The first-order valence-corrected chi connectivity index (χ1v) is 5.64. The molecule has 0 aliphatic rings. The number of hydrogen-bond donors (Lipinski definition) is 3. The van der Waals surface area contributed by atoms with E-state index in [1.807, 2.05) is 0 Å². The number of aromatic nitrogens is 1. The predicted octanol–water partition coefficient (Wildman–Crippen LogP) is 1.97. The number of hydrogen-bond acceptors (Lipinski definition) is 4. The van der Waals surface area contributed by atoms with Gasteiger partial charge in [-0.3, -0.25) is 0 Å². The molecule has 3 N–H and O–H groups in total. The number of carboxylic acid groups (broad SMARTS) is 1. The average molecular weight is 297 g/mol. The van der Waals surface area contributed by atoms with Gasteiger partial charge in [-0.15, -0.1) is 0 Å². The topological polar surface area (TPSA) is 104 Å². The number of aromatic carboxylic acids is 1. The highest BCUT2D eigenvalue weighted by molar-refractivity contribution is 5.93. The van der Waals surface area contributed by atoms with E-state index in [1.54, 1.807) is 0 Å². The molecule has 1 aromatic heterocycles. The highest BCUT2D eigenvalue weighted by atomic mass is 19.1. The van der Waals surface area contributed by atoms with Gasteiger partial charge in [-0.1, -0.05) is 5.16 Å². The van der Waals surface area contributed by atoms with Crippen LogP contribution >= 0.6 is 0 Å². The highest BCUT2D eigenvalue weighted by Gasteiger charge is 2.16. The lowest BCUT2D eigenvalue weighted by Crippen LogP contribution is -2.28. The Morgan fingerprint density at radius 2 is 2.05 bits per heavy atom. The van der Waals surface area contributed by atoms with Crippen LogP contribution in [0.2, 0.25) is 0 Å². The van der Waals surface area contributed by atoms with Crippen molar-refractivity contribution in [2.24, 2.45) is 0 Å². The third-order valence-electron chi connectivity index (χ3n) is 2.46. The molecule has 0 saturated carbocycles. The van der Waals surface area contributed by atoms with Crippen LogP contribution in [0.1, 0.15) is 16.1 Å². The van der Waals surface area contributed by atoms with Gasteiger partial charge in [0.25, 0.3) is 0 Å². The number of carbonyl (C=O) groups excluding carboxylic acids is 1. The predicted molar refractivity (Wildman–Crippen MR) is 65.7 cm³/mol. The lowest BCUT2D eigenvalue weighted by Gasteiger charge is -2.08. The van der Waals surface area contributed by atoms with Crippen molar-refractivity contribution in [1.82, 2.24) is 10.5 Å². The molecule has 2 aromatic rings. The fourth-order valence-electron chi connectivity index (χ4n) is 1.47. The molecule has 0 aliphatic carbocycles. The zero-order chi connectivity index (χ0) is 15.4. The fraction of sp³-hybridized carbons (Fsp3) is 0.0833. The number of urea groups is 1. The summed E-state index contributed by atoms with van der Waals surface area (Å²) in [5.74, 6) is -3.89. The summed E-state index contributed by atoms with van der Waals surface area (Å²) in [6.07, 6.45) is 1.31. The van der Waals surface area contributed by atoms with E-state index in [2.05, 4.69) is 20.3 Å². The van der Waals surface area contributed by atoms with Crippen molar-refractivity contribution in [3.63, 3.8) is 0 Å². The van der Waals surface area contributed by atoms with Gasteiger partial charge in [-0.05, 0) is 6.07 Å². The summed E-state index contributed by atoms with van der Waals surface area (Å²) in [7, 11) is 0. The van der Waals surface area contributed by atoms with Crippen molar-refractivity contribution in [3.05, 3.63) is 47.4 Å². The number of anilines is 1. The SMILES string of the molecule is O=C(NCc1ccon1)Nc1cc(C(=O)O)c(F)cc1F. The molecule has 0 unspecified atom stereocenters. The standard InChI is InChI=1S/C12H9F2N3O4/c13-8-4-9(14)10(3-7(8)11(18)19)16-12(20)15-5-6-1-2-21-17-6/h1-4H,5H2,(H,18,19)(H2,15,16,20). The lowest BCUT2D eigenvalue weighted by molar-refractivity contribution is 0.0692. The van der Waals surface area contributed by atoms with Gasteiger partial charge in [0, 0.05) is 12.1 Å². The van der Waals surface area contributed by atoms with Crippen molar-refractivity contribution < 1.29 is 28.0 Å². The molecule has 1 aromatic carbocycles. The molecule has 0 bridgehead atoms. The summed E-state index contributed by atoms with van der Waals surface area (Å²) in [6, 6.07) is 1.79. The van der Waals surface area contributed by atoms with Crippen LogP contribution in [0, 0.1) is 11.6 Å². The molecule has 2 amide bonds. The minimum Gasteiger partial charge on any atom is -0.478 e. The van der Waals surface area contributed by atoms with E-state index in [-0.39, 0.29) is 6.54 Å². The van der Waals surface area contributed by atoms with E-state index in [0.717, 1.165) is 0 Å². The number of carbonyl (C=O) groups is 2. The Hall–Kier alpha value is -2.97. The molecule has 7 nitrogen and oxygen atoms in total. The summed E-state index contributed by atoms with van der Waals surface area (Å²) in [6.45, 7) is 0.0247. The molecular formula is C12H9F2N3O4. The van der Waals surface area contributed by atoms with Crippen LogP contribution in [-0.4, -0.2) is 22.3 Å². The van der Waals surface area contributed by atoms with E-state index in [1.165, 1.54) is 12.3 Å². The van der Waals surface area contributed by atoms with Crippen LogP contribution in [0.4, 0.5) is 19.3 Å². The summed E-state index contributed by atoms with van der Waals surface area (Å²) in [5.41, 5.74) is -0.759. The first kappa shape index (κ1) is 14.4. The minimum absolute atomic E-state index is 0.0247. The number of amides is 2. The first-order valence-electron chi connectivity index (χ1n) is 5.64.